The molecule has 3 amide bonds. The van der Waals surface area contributed by atoms with Crippen LogP contribution in [-0.4, -0.2) is 46.7 Å². The van der Waals surface area contributed by atoms with Gasteiger partial charge in [-0.3, -0.25) is 19.3 Å². The molecule has 2 heterocycles. The lowest BCUT2D eigenvalue weighted by molar-refractivity contribution is -0.137. The number of carbonyl (C=O) groups excluding carboxylic acids is 3. The summed E-state index contributed by atoms with van der Waals surface area (Å²) in [6, 6.07) is 5.68. The lowest BCUT2D eigenvalue weighted by atomic mass is 9.78. The molecule has 3 aliphatic rings. The van der Waals surface area contributed by atoms with Crippen LogP contribution >= 0.6 is 0 Å². The number of fused-ring (bicyclic) bond motifs is 2. The summed E-state index contributed by atoms with van der Waals surface area (Å²) >= 11 is 0. The van der Waals surface area contributed by atoms with Crippen LogP contribution in [0, 0.1) is 12.8 Å². The second kappa shape index (κ2) is 6.86. The molecule has 0 N–H and O–H groups in total. The zero-order valence-corrected chi connectivity index (χ0v) is 15.4. The Morgan fingerprint density at radius 2 is 1.77 bits per heavy atom. The smallest absolute Gasteiger partial charge is 0.261 e. The molecule has 2 fully saturated rings. The fraction of sp³-hybridized carbons (Fsp3) is 0.571. The van der Waals surface area contributed by atoms with Crippen LogP contribution in [0.4, 0.5) is 0 Å². The fourth-order valence-corrected chi connectivity index (χ4v) is 4.89. The minimum absolute atomic E-state index is 0.0920. The second-order valence-corrected chi connectivity index (χ2v) is 7.90. The number of likely N-dealkylation sites (tertiary alicyclic amines) is 1. The van der Waals surface area contributed by atoms with Crippen molar-refractivity contribution in [2.75, 3.05) is 13.1 Å². The summed E-state index contributed by atoms with van der Waals surface area (Å²) in [5.74, 6) is 0.195. The van der Waals surface area contributed by atoms with Gasteiger partial charge in [0, 0.05) is 25.6 Å². The van der Waals surface area contributed by atoms with Crippen LogP contribution < -0.4 is 0 Å². The van der Waals surface area contributed by atoms with Gasteiger partial charge in [-0.2, -0.15) is 0 Å². The first-order valence-electron chi connectivity index (χ1n) is 9.82. The summed E-state index contributed by atoms with van der Waals surface area (Å²) < 4.78 is 0. The number of hydrogen-bond donors (Lipinski definition) is 0. The summed E-state index contributed by atoms with van der Waals surface area (Å²) in [6.07, 6.45) is 7.33. The number of amides is 3. The van der Waals surface area contributed by atoms with Crippen LogP contribution in [0.3, 0.4) is 0 Å². The maximum Gasteiger partial charge on any atom is 0.261 e. The molecule has 1 saturated carbocycles. The van der Waals surface area contributed by atoms with Crippen LogP contribution in [0.15, 0.2) is 18.2 Å². The third-order valence-corrected chi connectivity index (χ3v) is 6.24. The van der Waals surface area contributed by atoms with Gasteiger partial charge < -0.3 is 4.90 Å². The van der Waals surface area contributed by atoms with E-state index in [9.17, 15) is 14.4 Å². The molecule has 0 bridgehead atoms. The molecular weight excluding hydrogens is 328 g/mol. The first kappa shape index (κ1) is 17.3. The van der Waals surface area contributed by atoms with Gasteiger partial charge in [0.2, 0.25) is 5.91 Å². The van der Waals surface area contributed by atoms with E-state index in [-0.39, 0.29) is 30.7 Å². The lowest BCUT2D eigenvalue weighted by Gasteiger charge is -2.44. The summed E-state index contributed by atoms with van der Waals surface area (Å²) in [6.45, 7) is 2.90. The number of benzene rings is 1. The van der Waals surface area contributed by atoms with Gasteiger partial charge in [0.1, 0.15) is 0 Å². The number of rotatable bonds is 3. The minimum atomic E-state index is -0.271. The topological polar surface area (TPSA) is 57.7 Å². The molecule has 138 valence electrons. The highest BCUT2D eigenvalue weighted by molar-refractivity contribution is 6.21. The molecular formula is C21H26N2O3. The number of aryl methyl sites for hydroxylation is 1. The number of nitrogens with zero attached hydrogens (tertiary/aromatic N) is 2. The monoisotopic (exact) mass is 354 g/mol. The third kappa shape index (κ3) is 2.93. The number of imide groups is 1. The molecule has 1 saturated heterocycles. The fourth-order valence-electron chi connectivity index (χ4n) is 4.89. The summed E-state index contributed by atoms with van der Waals surface area (Å²) in [7, 11) is 0. The van der Waals surface area contributed by atoms with Crippen LogP contribution in [-0.2, 0) is 4.79 Å². The average Bonchev–Trinajstić information content (AvgIpc) is 2.89. The van der Waals surface area contributed by atoms with Crippen molar-refractivity contribution in [1.82, 2.24) is 9.80 Å². The molecule has 1 aromatic carbocycles. The van der Waals surface area contributed by atoms with E-state index in [4.69, 9.17) is 0 Å². The van der Waals surface area contributed by atoms with Crippen molar-refractivity contribution in [3.63, 3.8) is 0 Å². The van der Waals surface area contributed by atoms with E-state index in [2.05, 4.69) is 0 Å². The Morgan fingerprint density at radius 1 is 1.04 bits per heavy atom. The van der Waals surface area contributed by atoms with E-state index < -0.39 is 0 Å². The molecule has 1 aromatic rings. The van der Waals surface area contributed by atoms with Gasteiger partial charge in [-0.25, -0.2) is 0 Å². The Hall–Kier alpha value is -2.17. The van der Waals surface area contributed by atoms with Crippen molar-refractivity contribution < 1.29 is 14.4 Å². The SMILES string of the molecule is Cc1ccc2c(c1)C(=O)N(CCC(=O)N1CCC[C@H]3CCCC[C@@H]31)C2=O. The van der Waals surface area contributed by atoms with Crippen LogP contribution in [0.5, 0.6) is 0 Å². The van der Waals surface area contributed by atoms with Gasteiger partial charge in [-0.05, 0) is 50.7 Å². The molecule has 5 nitrogen and oxygen atoms in total. The zero-order chi connectivity index (χ0) is 18.3. The molecule has 1 aliphatic carbocycles. The molecule has 2 aliphatic heterocycles. The third-order valence-electron chi connectivity index (χ3n) is 6.24. The summed E-state index contributed by atoms with van der Waals surface area (Å²) in [5, 5.41) is 0. The van der Waals surface area contributed by atoms with Gasteiger partial charge >= 0.3 is 0 Å². The Labute approximate surface area is 154 Å². The van der Waals surface area contributed by atoms with Crippen molar-refractivity contribution in [1.29, 1.82) is 0 Å². The molecule has 2 atom stereocenters. The Morgan fingerprint density at radius 3 is 2.62 bits per heavy atom. The normalized spacial score (nSPS) is 25.3. The van der Waals surface area contributed by atoms with E-state index in [0.717, 1.165) is 24.9 Å². The molecule has 0 unspecified atom stereocenters. The van der Waals surface area contributed by atoms with Crippen molar-refractivity contribution >= 4 is 17.7 Å². The van der Waals surface area contributed by atoms with Gasteiger partial charge in [0.05, 0.1) is 11.1 Å². The van der Waals surface area contributed by atoms with E-state index in [1.54, 1.807) is 12.1 Å². The molecule has 26 heavy (non-hydrogen) atoms. The highest BCUT2D eigenvalue weighted by Gasteiger charge is 2.38. The van der Waals surface area contributed by atoms with Gasteiger partial charge in [0.15, 0.2) is 0 Å². The standard InChI is InChI=1S/C21H26N2O3/c1-14-8-9-16-17(13-14)21(26)23(20(16)25)12-10-19(24)22-11-4-6-15-5-2-3-7-18(15)22/h8-9,13,15,18H,2-7,10-12H2,1H3/t15-,18+/m1/s1. The van der Waals surface area contributed by atoms with Crippen molar-refractivity contribution in [2.45, 2.75) is 57.9 Å². The maximum absolute atomic E-state index is 12.8. The van der Waals surface area contributed by atoms with Gasteiger partial charge in [-0.15, -0.1) is 0 Å². The number of carbonyl (C=O) groups is 3. The number of piperidine rings is 1. The van der Waals surface area contributed by atoms with Crippen LogP contribution in [0.1, 0.15) is 71.2 Å². The van der Waals surface area contributed by atoms with Crippen molar-refractivity contribution in [3.05, 3.63) is 34.9 Å². The lowest BCUT2D eigenvalue weighted by Crippen LogP contribution is -2.50. The van der Waals surface area contributed by atoms with Gasteiger partial charge in [-0.1, -0.05) is 24.5 Å². The Balaban J connectivity index is 1.42. The average molecular weight is 354 g/mol. The summed E-state index contributed by atoms with van der Waals surface area (Å²) in [5.41, 5.74) is 1.88. The Bertz CT molecular complexity index is 756. The molecule has 0 radical (unpaired) electrons. The molecule has 5 heteroatoms. The minimum Gasteiger partial charge on any atom is -0.339 e. The highest BCUT2D eigenvalue weighted by Crippen LogP contribution is 2.35. The predicted octanol–water partition coefficient (Wildman–Crippen LogP) is 3.16. The molecule has 4 rings (SSSR count). The van der Waals surface area contributed by atoms with Gasteiger partial charge in [0.25, 0.3) is 11.8 Å². The van der Waals surface area contributed by atoms with Crippen molar-refractivity contribution in [3.8, 4) is 0 Å². The molecule has 0 aromatic heterocycles. The van der Waals surface area contributed by atoms with Crippen LogP contribution in [0.2, 0.25) is 0 Å². The van der Waals surface area contributed by atoms with Crippen LogP contribution in [0.25, 0.3) is 0 Å². The first-order chi connectivity index (χ1) is 12.6. The second-order valence-electron chi connectivity index (χ2n) is 7.90. The van der Waals surface area contributed by atoms with E-state index in [0.29, 0.717) is 23.1 Å². The largest absolute Gasteiger partial charge is 0.339 e. The maximum atomic E-state index is 12.8. The first-order valence-corrected chi connectivity index (χ1v) is 9.82. The van der Waals surface area contributed by atoms with Crippen molar-refractivity contribution in [2.24, 2.45) is 5.92 Å². The summed E-state index contributed by atoms with van der Waals surface area (Å²) in [4.78, 5) is 41.2. The highest BCUT2D eigenvalue weighted by atomic mass is 16.2. The molecule has 0 spiro atoms. The quantitative estimate of drug-likeness (QED) is 0.784. The number of hydrogen-bond acceptors (Lipinski definition) is 3. The predicted molar refractivity (Wildman–Crippen MR) is 97.9 cm³/mol. The zero-order valence-electron chi connectivity index (χ0n) is 15.4. The van der Waals surface area contributed by atoms with E-state index >= 15 is 0 Å². The van der Waals surface area contributed by atoms with E-state index in [1.807, 2.05) is 17.9 Å². The van der Waals surface area contributed by atoms with E-state index in [1.165, 1.54) is 30.6 Å². The Kier molecular flexibility index (Phi) is 4.55.